The molecule has 92 valence electrons. The van der Waals surface area contributed by atoms with Gasteiger partial charge in [0.05, 0.1) is 5.69 Å². The van der Waals surface area contributed by atoms with Crippen LogP contribution in [0.5, 0.6) is 0 Å². The molecule has 2 heterocycles. The fourth-order valence-electron chi connectivity index (χ4n) is 1.40. The molecule has 2 rings (SSSR count). The van der Waals surface area contributed by atoms with Gasteiger partial charge in [0.25, 0.3) is 0 Å². The largest absolute Gasteiger partial charge is 0.307 e. The lowest BCUT2D eigenvalue weighted by atomic mass is 10.3. The lowest BCUT2D eigenvalue weighted by molar-refractivity contribution is 0.655. The Bertz CT molecular complexity index is 453. The van der Waals surface area contributed by atoms with E-state index in [1.54, 1.807) is 16.9 Å². The molecule has 0 saturated carbocycles. The van der Waals surface area contributed by atoms with E-state index in [0.717, 1.165) is 24.3 Å². The fraction of sp³-hybridized carbons (Fsp3) is 0.273. The molecule has 0 radical (unpaired) electrons. The normalized spacial score (nSPS) is 10.0. The Kier molecular flexibility index (Phi) is 5.41. The van der Waals surface area contributed by atoms with Crippen molar-refractivity contribution in [2.24, 2.45) is 7.05 Å². The lowest BCUT2D eigenvalue weighted by Gasteiger charge is -2.02. The minimum absolute atomic E-state index is 0. The molecule has 0 saturated heterocycles. The first-order valence-corrected chi connectivity index (χ1v) is 5.41. The second-order valence-electron chi connectivity index (χ2n) is 3.57. The zero-order valence-corrected chi connectivity index (χ0v) is 11.0. The van der Waals surface area contributed by atoms with Crippen LogP contribution in [0.3, 0.4) is 0 Å². The van der Waals surface area contributed by atoms with E-state index in [1.165, 1.54) is 0 Å². The SMILES string of the molecule is Cl.Cn1ccc(CNCc2ccc(Cl)nc2)n1. The number of rotatable bonds is 4. The van der Waals surface area contributed by atoms with E-state index < -0.39 is 0 Å². The molecule has 0 aliphatic heterocycles. The highest BCUT2D eigenvalue weighted by molar-refractivity contribution is 6.29. The van der Waals surface area contributed by atoms with Crippen molar-refractivity contribution in [1.29, 1.82) is 0 Å². The molecule has 0 aliphatic carbocycles. The minimum atomic E-state index is 0. The molecule has 17 heavy (non-hydrogen) atoms. The van der Waals surface area contributed by atoms with Crippen LogP contribution >= 0.6 is 24.0 Å². The summed E-state index contributed by atoms with van der Waals surface area (Å²) in [4.78, 5) is 4.01. The summed E-state index contributed by atoms with van der Waals surface area (Å²) in [5, 5.41) is 8.09. The molecule has 0 unspecified atom stereocenters. The van der Waals surface area contributed by atoms with Gasteiger partial charge in [-0.25, -0.2) is 4.98 Å². The van der Waals surface area contributed by atoms with Gasteiger partial charge in [0.2, 0.25) is 0 Å². The maximum absolute atomic E-state index is 5.70. The van der Waals surface area contributed by atoms with Crippen LogP contribution in [0.1, 0.15) is 11.3 Å². The number of aryl methyl sites for hydroxylation is 1. The van der Waals surface area contributed by atoms with Crippen LogP contribution < -0.4 is 5.32 Å². The highest BCUT2D eigenvalue weighted by Crippen LogP contribution is 2.05. The third-order valence-corrected chi connectivity index (χ3v) is 2.42. The highest BCUT2D eigenvalue weighted by atomic mass is 35.5. The number of hydrogen-bond acceptors (Lipinski definition) is 3. The maximum Gasteiger partial charge on any atom is 0.129 e. The number of nitrogens with zero attached hydrogens (tertiary/aromatic N) is 3. The van der Waals surface area contributed by atoms with Gasteiger partial charge in [0, 0.05) is 32.5 Å². The smallest absolute Gasteiger partial charge is 0.129 e. The minimum Gasteiger partial charge on any atom is -0.307 e. The van der Waals surface area contributed by atoms with Gasteiger partial charge in [-0.1, -0.05) is 17.7 Å². The molecule has 0 aliphatic rings. The molecule has 1 N–H and O–H groups in total. The first-order valence-electron chi connectivity index (χ1n) is 5.04. The van der Waals surface area contributed by atoms with Crippen molar-refractivity contribution in [3.63, 3.8) is 0 Å². The van der Waals surface area contributed by atoms with Gasteiger partial charge in [-0.15, -0.1) is 12.4 Å². The average Bonchev–Trinajstić information content (AvgIpc) is 2.67. The Morgan fingerprint density at radius 1 is 1.29 bits per heavy atom. The number of nitrogens with one attached hydrogen (secondary N) is 1. The highest BCUT2D eigenvalue weighted by Gasteiger charge is 1.97. The summed E-state index contributed by atoms with van der Waals surface area (Å²) in [5.74, 6) is 0. The van der Waals surface area contributed by atoms with Crippen LogP contribution in [0.25, 0.3) is 0 Å². The Balaban J connectivity index is 0.00000144. The number of aromatic nitrogens is 3. The van der Waals surface area contributed by atoms with Gasteiger partial charge in [0.15, 0.2) is 0 Å². The summed E-state index contributed by atoms with van der Waals surface area (Å²) in [7, 11) is 1.91. The van der Waals surface area contributed by atoms with Crippen molar-refractivity contribution in [2.75, 3.05) is 0 Å². The van der Waals surface area contributed by atoms with Crippen LogP contribution in [-0.4, -0.2) is 14.8 Å². The van der Waals surface area contributed by atoms with E-state index >= 15 is 0 Å². The van der Waals surface area contributed by atoms with Crippen LogP contribution in [0.15, 0.2) is 30.6 Å². The van der Waals surface area contributed by atoms with Crippen LogP contribution in [-0.2, 0) is 20.1 Å². The first kappa shape index (κ1) is 14.0. The molecule has 0 fully saturated rings. The van der Waals surface area contributed by atoms with Gasteiger partial charge >= 0.3 is 0 Å². The van der Waals surface area contributed by atoms with Crippen molar-refractivity contribution in [3.05, 3.63) is 47.0 Å². The monoisotopic (exact) mass is 272 g/mol. The molecule has 2 aromatic heterocycles. The standard InChI is InChI=1S/C11H13ClN4.ClH/c1-16-5-4-10(15-16)8-13-6-9-2-3-11(12)14-7-9;/h2-5,7,13H,6,8H2,1H3;1H. The summed E-state index contributed by atoms with van der Waals surface area (Å²) in [5.41, 5.74) is 2.14. The predicted molar refractivity (Wildman–Crippen MR) is 70.2 cm³/mol. The summed E-state index contributed by atoms with van der Waals surface area (Å²) >= 11 is 5.70. The summed E-state index contributed by atoms with van der Waals surface area (Å²) in [6.07, 6.45) is 3.70. The third-order valence-electron chi connectivity index (χ3n) is 2.19. The zero-order valence-electron chi connectivity index (χ0n) is 9.43. The van der Waals surface area contributed by atoms with Crippen LogP contribution in [0.4, 0.5) is 0 Å². The zero-order chi connectivity index (χ0) is 11.4. The molecule has 6 heteroatoms. The van der Waals surface area contributed by atoms with Crippen molar-refractivity contribution >= 4 is 24.0 Å². The molecule has 0 atom stereocenters. The third kappa shape index (κ3) is 4.34. The van der Waals surface area contributed by atoms with E-state index in [0.29, 0.717) is 5.15 Å². The maximum atomic E-state index is 5.70. The summed E-state index contributed by atoms with van der Waals surface area (Å²) in [6, 6.07) is 5.74. The second-order valence-corrected chi connectivity index (χ2v) is 3.96. The molecule has 2 aromatic rings. The number of hydrogen-bond donors (Lipinski definition) is 1. The molecular weight excluding hydrogens is 259 g/mol. The van der Waals surface area contributed by atoms with Gasteiger partial charge in [-0.3, -0.25) is 4.68 Å². The molecule has 0 aromatic carbocycles. The van der Waals surface area contributed by atoms with Gasteiger partial charge in [-0.2, -0.15) is 5.10 Å². The van der Waals surface area contributed by atoms with E-state index in [4.69, 9.17) is 11.6 Å². The second kappa shape index (κ2) is 6.59. The molecule has 0 bridgehead atoms. The van der Waals surface area contributed by atoms with E-state index in [9.17, 15) is 0 Å². The first-order chi connectivity index (χ1) is 7.74. The Labute approximate surface area is 111 Å². The van der Waals surface area contributed by atoms with E-state index in [-0.39, 0.29) is 12.4 Å². The average molecular weight is 273 g/mol. The van der Waals surface area contributed by atoms with Crippen molar-refractivity contribution < 1.29 is 0 Å². The molecule has 4 nitrogen and oxygen atoms in total. The summed E-state index contributed by atoms with van der Waals surface area (Å²) in [6.45, 7) is 1.52. The summed E-state index contributed by atoms with van der Waals surface area (Å²) < 4.78 is 1.79. The van der Waals surface area contributed by atoms with E-state index in [1.807, 2.05) is 25.4 Å². The van der Waals surface area contributed by atoms with Gasteiger partial charge < -0.3 is 5.32 Å². The Hall–Kier alpha value is -1.10. The lowest BCUT2D eigenvalue weighted by Crippen LogP contribution is -2.13. The predicted octanol–water partition coefficient (Wildman–Crippen LogP) is 2.18. The van der Waals surface area contributed by atoms with E-state index in [2.05, 4.69) is 15.4 Å². The molecule has 0 amide bonds. The van der Waals surface area contributed by atoms with Gasteiger partial charge in [0.1, 0.15) is 5.15 Å². The van der Waals surface area contributed by atoms with Crippen molar-refractivity contribution in [2.45, 2.75) is 13.1 Å². The van der Waals surface area contributed by atoms with Crippen molar-refractivity contribution in [1.82, 2.24) is 20.1 Å². The topological polar surface area (TPSA) is 42.7 Å². The number of halogens is 2. The fourth-order valence-corrected chi connectivity index (χ4v) is 1.52. The van der Waals surface area contributed by atoms with Crippen LogP contribution in [0.2, 0.25) is 5.15 Å². The Morgan fingerprint density at radius 2 is 2.12 bits per heavy atom. The Morgan fingerprint density at radius 3 is 2.71 bits per heavy atom. The quantitative estimate of drug-likeness (QED) is 0.868. The van der Waals surface area contributed by atoms with Gasteiger partial charge in [-0.05, 0) is 17.7 Å². The number of pyridine rings is 1. The van der Waals surface area contributed by atoms with Crippen molar-refractivity contribution in [3.8, 4) is 0 Å². The molecule has 0 spiro atoms. The molecular formula is C11H14Cl2N4. The van der Waals surface area contributed by atoms with Crippen LogP contribution in [0, 0.1) is 0 Å².